The van der Waals surface area contributed by atoms with Gasteiger partial charge in [-0.3, -0.25) is 9.78 Å². The minimum atomic E-state index is -1.09. The van der Waals surface area contributed by atoms with Crippen LogP contribution in [0.4, 0.5) is 8.78 Å². The second-order valence-electron chi connectivity index (χ2n) is 3.79. The average Bonchev–Trinajstić information content (AvgIpc) is 2.42. The van der Waals surface area contributed by atoms with Crippen LogP contribution >= 0.6 is 0 Å². The SMILES string of the molecule is O=c1[nH]c(-c2cnccn2)nc2cc(F)c(F)cc12. The van der Waals surface area contributed by atoms with E-state index in [-0.39, 0.29) is 16.7 Å². The molecule has 0 unspecified atom stereocenters. The number of nitrogens with one attached hydrogen (secondary N) is 1. The number of halogens is 2. The number of benzene rings is 1. The van der Waals surface area contributed by atoms with Crippen molar-refractivity contribution in [3.63, 3.8) is 0 Å². The molecule has 0 saturated heterocycles. The lowest BCUT2D eigenvalue weighted by atomic mass is 10.2. The summed E-state index contributed by atoms with van der Waals surface area (Å²) in [5, 5.41) is -0.0217. The first-order valence-electron chi connectivity index (χ1n) is 5.30. The summed E-state index contributed by atoms with van der Waals surface area (Å²) in [5.74, 6) is -2.00. The molecule has 1 aromatic carbocycles. The molecule has 2 aromatic heterocycles. The fraction of sp³-hybridized carbons (Fsp3) is 0. The number of H-pyrrole nitrogens is 1. The van der Waals surface area contributed by atoms with Crippen LogP contribution in [0, 0.1) is 11.6 Å². The van der Waals surface area contributed by atoms with E-state index in [0.29, 0.717) is 5.69 Å². The Morgan fingerprint density at radius 1 is 1.11 bits per heavy atom. The molecule has 0 bridgehead atoms. The molecule has 19 heavy (non-hydrogen) atoms. The van der Waals surface area contributed by atoms with Crippen LogP contribution in [0.5, 0.6) is 0 Å². The van der Waals surface area contributed by atoms with Gasteiger partial charge in [0, 0.05) is 18.5 Å². The molecule has 5 nitrogen and oxygen atoms in total. The maximum Gasteiger partial charge on any atom is 0.259 e. The molecule has 0 saturated carbocycles. The highest BCUT2D eigenvalue weighted by molar-refractivity contribution is 5.79. The molecule has 1 N–H and O–H groups in total. The predicted molar refractivity (Wildman–Crippen MR) is 63.3 cm³/mol. The van der Waals surface area contributed by atoms with Crippen molar-refractivity contribution < 1.29 is 8.78 Å². The summed E-state index contributed by atoms with van der Waals surface area (Å²) in [6.45, 7) is 0. The van der Waals surface area contributed by atoms with Crippen LogP contribution in [0.3, 0.4) is 0 Å². The van der Waals surface area contributed by atoms with Crippen molar-refractivity contribution in [1.82, 2.24) is 19.9 Å². The first-order valence-corrected chi connectivity index (χ1v) is 5.30. The van der Waals surface area contributed by atoms with Crippen LogP contribution in [0.15, 0.2) is 35.5 Å². The number of aromatic amines is 1. The Balaban J connectivity index is 2.31. The van der Waals surface area contributed by atoms with Crippen molar-refractivity contribution in [1.29, 1.82) is 0 Å². The standard InChI is InChI=1S/C12H6F2N4O/c13-7-3-6-9(4-8(7)14)17-11(18-12(6)19)10-5-15-1-2-16-10/h1-5H,(H,17,18,19). The number of rotatable bonds is 1. The molecule has 3 aromatic rings. The lowest BCUT2D eigenvalue weighted by Crippen LogP contribution is -2.11. The van der Waals surface area contributed by atoms with Gasteiger partial charge >= 0.3 is 0 Å². The van der Waals surface area contributed by atoms with Gasteiger partial charge in [0.15, 0.2) is 17.5 Å². The number of fused-ring (bicyclic) bond motifs is 1. The fourth-order valence-electron chi connectivity index (χ4n) is 1.68. The van der Waals surface area contributed by atoms with Gasteiger partial charge in [-0.1, -0.05) is 0 Å². The molecular formula is C12H6F2N4O. The molecule has 0 aliphatic heterocycles. The first kappa shape index (κ1) is 11.4. The van der Waals surface area contributed by atoms with Crippen LogP contribution in [0.2, 0.25) is 0 Å². The third kappa shape index (κ3) is 1.95. The molecule has 0 aliphatic rings. The second-order valence-corrected chi connectivity index (χ2v) is 3.79. The van der Waals surface area contributed by atoms with Crippen molar-refractivity contribution >= 4 is 10.9 Å². The number of nitrogens with zero attached hydrogens (tertiary/aromatic N) is 3. The fourth-order valence-corrected chi connectivity index (χ4v) is 1.68. The minimum Gasteiger partial charge on any atom is -0.305 e. The van der Waals surface area contributed by atoms with E-state index in [1.807, 2.05) is 0 Å². The predicted octanol–water partition coefficient (Wildman–Crippen LogP) is 1.66. The molecule has 0 aliphatic carbocycles. The van der Waals surface area contributed by atoms with Crippen molar-refractivity contribution in [3.05, 3.63) is 52.7 Å². The monoisotopic (exact) mass is 260 g/mol. The highest BCUT2D eigenvalue weighted by Crippen LogP contribution is 2.16. The molecule has 0 amide bonds. The van der Waals surface area contributed by atoms with Gasteiger partial charge in [-0.05, 0) is 6.07 Å². The van der Waals surface area contributed by atoms with Gasteiger partial charge in [0.25, 0.3) is 5.56 Å². The molecular weight excluding hydrogens is 254 g/mol. The van der Waals surface area contributed by atoms with Crippen molar-refractivity contribution in [2.45, 2.75) is 0 Å². The van der Waals surface area contributed by atoms with Crippen LogP contribution in [0.1, 0.15) is 0 Å². The van der Waals surface area contributed by atoms with Crippen molar-refractivity contribution in [3.8, 4) is 11.5 Å². The smallest absolute Gasteiger partial charge is 0.259 e. The Kier molecular flexibility index (Phi) is 2.52. The van der Waals surface area contributed by atoms with Crippen LogP contribution in [-0.4, -0.2) is 19.9 Å². The van der Waals surface area contributed by atoms with E-state index in [1.54, 1.807) is 0 Å². The number of aromatic nitrogens is 4. The van der Waals surface area contributed by atoms with E-state index in [0.717, 1.165) is 12.1 Å². The second kappa shape index (κ2) is 4.20. The molecule has 3 rings (SSSR count). The van der Waals surface area contributed by atoms with Crippen LogP contribution in [-0.2, 0) is 0 Å². The average molecular weight is 260 g/mol. The van der Waals surface area contributed by atoms with Gasteiger partial charge < -0.3 is 4.98 Å². The molecule has 0 spiro atoms. The van der Waals surface area contributed by atoms with Crippen molar-refractivity contribution in [2.24, 2.45) is 0 Å². The quantitative estimate of drug-likeness (QED) is 0.722. The zero-order valence-electron chi connectivity index (χ0n) is 9.39. The van der Waals surface area contributed by atoms with E-state index in [1.165, 1.54) is 18.6 Å². The number of hydrogen-bond donors (Lipinski definition) is 1. The summed E-state index contributed by atoms with van der Waals surface area (Å²) in [5.41, 5.74) is -0.168. The van der Waals surface area contributed by atoms with Crippen LogP contribution in [0.25, 0.3) is 22.4 Å². The molecule has 0 fully saturated rings. The highest BCUT2D eigenvalue weighted by Gasteiger charge is 2.11. The summed E-state index contributed by atoms with van der Waals surface area (Å²) >= 11 is 0. The molecule has 0 atom stereocenters. The van der Waals surface area contributed by atoms with Crippen molar-refractivity contribution in [2.75, 3.05) is 0 Å². The molecule has 2 heterocycles. The maximum absolute atomic E-state index is 13.2. The summed E-state index contributed by atoms with van der Waals surface area (Å²) in [7, 11) is 0. The maximum atomic E-state index is 13.2. The molecule has 7 heteroatoms. The lowest BCUT2D eigenvalue weighted by Gasteiger charge is -2.02. The third-order valence-electron chi connectivity index (χ3n) is 2.55. The van der Waals surface area contributed by atoms with Crippen LogP contribution < -0.4 is 5.56 Å². The van der Waals surface area contributed by atoms with E-state index >= 15 is 0 Å². The summed E-state index contributed by atoms with van der Waals surface area (Å²) in [6.07, 6.45) is 4.31. The molecule has 94 valence electrons. The summed E-state index contributed by atoms with van der Waals surface area (Å²) < 4.78 is 26.2. The Hall–Kier alpha value is -2.70. The normalized spacial score (nSPS) is 10.8. The van der Waals surface area contributed by atoms with Gasteiger partial charge in [-0.15, -0.1) is 0 Å². The Morgan fingerprint density at radius 3 is 2.63 bits per heavy atom. The van der Waals surface area contributed by atoms with E-state index in [2.05, 4.69) is 19.9 Å². The Morgan fingerprint density at radius 2 is 1.89 bits per heavy atom. The van der Waals surface area contributed by atoms with Gasteiger partial charge in [-0.25, -0.2) is 18.7 Å². The van der Waals surface area contributed by atoms with Gasteiger partial charge in [0.2, 0.25) is 0 Å². The Labute approximate surface area is 105 Å². The summed E-state index contributed by atoms with van der Waals surface area (Å²) in [4.78, 5) is 26.1. The van der Waals surface area contributed by atoms with E-state index < -0.39 is 17.2 Å². The minimum absolute atomic E-state index is 0.0217. The zero-order chi connectivity index (χ0) is 13.4. The first-order chi connectivity index (χ1) is 9.15. The zero-order valence-corrected chi connectivity index (χ0v) is 9.39. The van der Waals surface area contributed by atoms with E-state index in [4.69, 9.17) is 0 Å². The van der Waals surface area contributed by atoms with Gasteiger partial charge in [-0.2, -0.15) is 0 Å². The summed E-state index contributed by atoms with van der Waals surface area (Å²) in [6, 6.07) is 1.69. The number of hydrogen-bond acceptors (Lipinski definition) is 4. The van der Waals surface area contributed by atoms with Gasteiger partial charge in [0.05, 0.1) is 17.1 Å². The van der Waals surface area contributed by atoms with Gasteiger partial charge in [0.1, 0.15) is 5.69 Å². The topological polar surface area (TPSA) is 71.5 Å². The Bertz CT molecular complexity index is 817. The van der Waals surface area contributed by atoms with E-state index in [9.17, 15) is 13.6 Å². The lowest BCUT2D eigenvalue weighted by molar-refractivity contribution is 0.510. The largest absolute Gasteiger partial charge is 0.305 e. The third-order valence-corrected chi connectivity index (χ3v) is 2.55. The molecule has 0 radical (unpaired) electrons. The highest BCUT2D eigenvalue weighted by atomic mass is 19.2.